The molecule has 2 aromatic rings. The Morgan fingerprint density at radius 2 is 1.71 bits per heavy atom. The van der Waals surface area contributed by atoms with Gasteiger partial charge in [0.05, 0.1) is 18.2 Å². The van der Waals surface area contributed by atoms with Gasteiger partial charge in [-0.25, -0.2) is 0 Å². The molecule has 0 fully saturated rings. The highest BCUT2D eigenvalue weighted by Crippen LogP contribution is 2.15. The summed E-state index contributed by atoms with van der Waals surface area (Å²) in [6.45, 7) is 8.22. The van der Waals surface area contributed by atoms with Gasteiger partial charge in [0.25, 0.3) is 0 Å². The first-order chi connectivity index (χ1) is 13.5. The molecule has 0 bridgehead atoms. The van der Waals surface area contributed by atoms with Crippen molar-refractivity contribution in [2.75, 3.05) is 26.2 Å². The van der Waals surface area contributed by atoms with E-state index in [2.05, 4.69) is 33.1 Å². The Bertz CT molecular complexity index is 724. The molecule has 1 heterocycles. The number of rotatable bonds is 10. The lowest BCUT2D eigenvalue weighted by Crippen LogP contribution is -2.42. The van der Waals surface area contributed by atoms with Crippen LogP contribution in [0.4, 0.5) is 0 Å². The van der Waals surface area contributed by atoms with Crippen molar-refractivity contribution in [1.82, 2.24) is 16.0 Å². The molecule has 0 aliphatic rings. The maximum atomic E-state index is 12.2. The molecule has 3 N–H and O–H groups in total. The summed E-state index contributed by atoms with van der Waals surface area (Å²) in [4.78, 5) is 16.9. The number of benzene rings is 1. The van der Waals surface area contributed by atoms with Crippen LogP contribution in [0.15, 0.2) is 58.1 Å². The summed E-state index contributed by atoms with van der Waals surface area (Å²) in [6, 6.07) is 14.2. The molecule has 6 heteroatoms. The number of guanidine groups is 1. The summed E-state index contributed by atoms with van der Waals surface area (Å²) in [5, 5.41) is 9.58. The highest BCUT2D eigenvalue weighted by Gasteiger charge is 2.26. The summed E-state index contributed by atoms with van der Waals surface area (Å²) < 4.78 is 5.37. The minimum absolute atomic E-state index is 0.0120. The van der Waals surface area contributed by atoms with Gasteiger partial charge < -0.3 is 20.4 Å². The second kappa shape index (κ2) is 11.2. The third-order valence-corrected chi connectivity index (χ3v) is 4.38. The number of hydrogen-bond acceptors (Lipinski definition) is 3. The molecule has 6 nitrogen and oxygen atoms in total. The molecule has 0 spiro atoms. The smallest absolute Gasteiger partial charge is 0.227 e. The Kier molecular flexibility index (Phi) is 8.59. The maximum absolute atomic E-state index is 12.2. The van der Waals surface area contributed by atoms with E-state index in [1.807, 2.05) is 51.1 Å². The quantitative estimate of drug-likeness (QED) is 0.435. The molecule has 0 saturated carbocycles. The van der Waals surface area contributed by atoms with Crippen LogP contribution in [0, 0.1) is 5.41 Å². The fourth-order valence-corrected chi connectivity index (χ4v) is 2.65. The largest absolute Gasteiger partial charge is 0.469 e. The average molecular weight is 385 g/mol. The van der Waals surface area contributed by atoms with Crippen LogP contribution < -0.4 is 16.0 Å². The summed E-state index contributed by atoms with van der Waals surface area (Å²) >= 11 is 0. The molecule has 0 aliphatic carbocycles. The Morgan fingerprint density at radius 1 is 1.00 bits per heavy atom. The fourth-order valence-electron chi connectivity index (χ4n) is 2.65. The van der Waals surface area contributed by atoms with Gasteiger partial charge in [-0.05, 0) is 44.9 Å². The van der Waals surface area contributed by atoms with Gasteiger partial charge >= 0.3 is 0 Å². The van der Waals surface area contributed by atoms with Crippen molar-refractivity contribution in [1.29, 1.82) is 0 Å². The average Bonchev–Trinajstić information content (AvgIpc) is 3.20. The third kappa shape index (κ3) is 7.47. The second-order valence-electron chi connectivity index (χ2n) is 7.33. The molecular weight excluding hydrogens is 352 g/mol. The first kappa shape index (κ1) is 21.5. The number of furan rings is 1. The van der Waals surface area contributed by atoms with Gasteiger partial charge in [-0.1, -0.05) is 30.3 Å². The topological polar surface area (TPSA) is 78.7 Å². The lowest BCUT2D eigenvalue weighted by atomic mass is 9.92. The Balaban J connectivity index is 1.92. The van der Waals surface area contributed by atoms with E-state index in [4.69, 9.17) is 4.42 Å². The van der Waals surface area contributed by atoms with E-state index in [0.29, 0.717) is 25.6 Å². The van der Waals surface area contributed by atoms with E-state index in [1.165, 1.54) is 5.56 Å². The lowest BCUT2D eigenvalue weighted by molar-refractivity contribution is -0.128. The van der Waals surface area contributed by atoms with Crippen LogP contribution in [0.2, 0.25) is 0 Å². The van der Waals surface area contributed by atoms with Crippen LogP contribution in [0.25, 0.3) is 0 Å². The number of nitrogens with zero attached hydrogens (tertiary/aromatic N) is 1. The van der Waals surface area contributed by atoms with Crippen molar-refractivity contribution < 1.29 is 9.21 Å². The molecule has 0 atom stereocenters. The molecule has 152 valence electrons. The van der Waals surface area contributed by atoms with Gasteiger partial charge in [-0.3, -0.25) is 9.79 Å². The van der Waals surface area contributed by atoms with Crippen LogP contribution in [0.5, 0.6) is 0 Å². The predicted octanol–water partition coefficient (Wildman–Crippen LogP) is 2.76. The van der Waals surface area contributed by atoms with Crippen molar-refractivity contribution in [3.63, 3.8) is 0 Å². The van der Waals surface area contributed by atoms with Crippen molar-refractivity contribution in [3.05, 3.63) is 60.1 Å². The molecule has 28 heavy (non-hydrogen) atoms. The van der Waals surface area contributed by atoms with E-state index in [9.17, 15) is 4.79 Å². The first-order valence-corrected chi connectivity index (χ1v) is 9.88. The molecular formula is C22H32N4O2. The minimum Gasteiger partial charge on any atom is -0.469 e. The van der Waals surface area contributed by atoms with Gasteiger partial charge in [0, 0.05) is 26.1 Å². The number of hydrogen-bond donors (Lipinski definition) is 3. The predicted molar refractivity (Wildman–Crippen MR) is 113 cm³/mol. The highest BCUT2D eigenvalue weighted by molar-refractivity contribution is 5.83. The van der Waals surface area contributed by atoms with E-state index < -0.39 is 5.41 Å². The van der Waals surface area contributed by atoms with Gasteiger partial charge in [0.2, 0.25) is 5.91 Å². The van der Waals surface area contributed by atoms with Crippen molar-refractivity contribution in [2.45, 2.75) is 33.6 Å². The zero-order chi connectivity index (χ0) is 20.2. The molecule has 2 rings (SSSR count). The number of aliphatic imine (C=N–C) groups is 1. The summed E-state index contributed by atoms with van der Waals surface area (Å²) in [5.41, 5.74) is 0.706. The van der Waals surface area contributed by atoms with Crippen LogP contribution in [-0.2, 0) is 17.6 Å². The van der Waals surface area contributed by atoms with Gasteiger partial charge in [-0.2, -0.15) is 0 Å². The van der Waals surface area contributed by atoms with Crippen molar-refractivity contribution in [3.8, 4) is 0 Å². The third-order valence-electron chi connectivity index (χ3n) is 4.38. The Hall–Kier alpha value is -2.76. The molecule has 0 radical (unpaired) electrons. The van der Waals surface area contributed by atoms with Gasteiger partial charge in [0.15, 0.2) is 5.96 Å². The van der Waals surface area contributed by atoms with E-state index in [0.717, 1.165) is 25.1 Å². The first-order valence-electron chi connectivity index (χ1n) is 9.88. The molecule has 1 amide bonds. The second-order valence-corrected chi connectivity index (χ2v) is 7.33. The van der Waals surface area contributed by atoms with Gasteiger partial charge in [0.1, 0.15) is 5.76 Å². The highest BCUT2D eigenvalue weighted by atomic mass is 16.3. The number of amides is 1. The molecule has 1 aromatic carbocycles. The van der Waals surface area contributed by atoms with Gasteiger partial charge in [-0.15, -0.1) is 0 Å². The van der Waals surface area contributed by atoms with E-state index in [1.54, 1.807) is 6.26 Å². The Morgan fingerprint density at radius 3 is 2.36 bits per heavy atom. The molecule has 0 saturated heterocycles. The SMILES string of the molecule is CCNC(=O)C(C)(C)CN=C(NCCc1ccccc1)NCCc1ccco1. The summed E-state index contributed by atoms with van der Waals surface area (Å²) in [7, 11) is 0. The number of carbonyl (C=O) groups excluding carboxylic acids is 1. The van der Waals surface area contributed by atoms with Crippen LogP contribution in [-0.4, -0.2) is 38.0 Å². The normalized spacial score (nSPS) is 11.9. The summed E-state index contributed by atoms with van der Waals surface area (Å²) in [5.74, 6) is 1.65. The maximum Gasteiger partial charge on any atom is 0.227 e. The van der Waals surface area contributed by atoms with E-state index in [-0.39, 0.29) is 5.91 Å². The standard InChI is InChI=1S/C22H32N4O2/c1-4-23-20(27)22(2,3)17-26-21(25-15-13-19-11-8-16-28-19)24-14-12-18-9-6-5-7-10-18/h5-11,16H,4,12-15,17H2,1-3H3,(H,23,27)(H2,24,25,26). The van der Waals surface area contributed by atoms with Crippen molar-refractivity contribution >= 4 is 11.9 Å². The number of carbonyl (C=O) groups is 1. The van der Waals surface area contributed by atoms with Crippen LogP contribution in [0.1, 0.15) is 32.1 Å². The van der Waals surface area contributed by atoms with Crippen LogP contribution >= 0.6 is 0 Å². The van der Waals surface area contributed by atoms with Crippen LogP contribution in [0.3, 0.4) is 0 Å². The molecule has 0 unspecified atom stereocenters. The minimum atomic E-state index is -0.564. The summed E-state index contributed by atoms with van der Waals surface area (Å²) in [6.07, 6.45) is 3.35. The zero-order valence-corrected chi connectivity index (χ0v) is 17.1. The molecule has 1 aromatic heterocycles. The fraction of sp³-hybridized carbons (Fsp3) is 0.455. The van der Waals surface area contributed by atoms with Crippen molar-refractivity contribution in [2.24, 2.45) is 10.4 Å². The monoisotopic (exact) mass is 384 g/mol. The molecule has 0 aliphatic heterocycles. The van der Waals surface area contributed by atoms with E-state index >= 15 is 0 Å². The Labute approximate surface area is 167 Å². The lowest BCUT2D eigenvalue weighted by Gasteiger charge is -2.22. The number of nitrogens with one attached hydrogen (secondary N) is 3. The zero-order valence-electron chi connectivity index (χ0n) is 17.1.